The smallest absolute Gasteiger partial charge is 0.222 e. The van der Waals surface area contributed by atoms with Gasteiger partial charge in [0, 0.05) is 25.0 Å². The molecule has 110 valence electrons. The fraction of sp³-hybridized carbons (Fsp3) is 0.588. The first-order chi connectivity index (χ1) is 9.56. The monoisotopic (exact) mass is 274 g/mol. The molecule has 0 unspecified atom stereocenters. The van der Waals surface area contributed by atoms with Crippen molar-refractivity contribution in [3.8, 4) is 0 Å². The number of amides is 1. The van der Waals surface area contributed by atoms with E-state index in [2.05, 4.69) is 41.8 Å². The van der Waals surface area contributed by atoms with Crippen molar-refractivity contribution in [1.82, 2.24) is 10.6 Å². The predicted molar refractivity (Wildman–Crippen MR) is 82.8 cm³/mol. The maximum Gasteiger partial charge on any atom is 0.222 e. The van der Waals surface area contributed by atoms with Gasteiger partial charge in [-0.25, -0.2) is 0 Å². The molecule has 20 heavy (non-hydrogen) atoms. The first-order valence-corrected chi connectivity index (χ1v) is 7.64. The summed E-state index contributed by atoms with van der Waals surface area (Å²) in [5.74, 6) is 0.918. The van der Waals surface area contributed by atoms with Crippen LogP contribution in [0.4, 0.5) is 0 Å². The van der Waals surface area contributed by atoms with Crippen molar-refractivity contribution in [3.05, 3.63) is 35.4 Å². The van der Waals surface area contributed by atoms with E-state index in [1.54, 1.807) is 0 Å². The Kier molecular flexibility index (Phi) is 5.18. The second-order valence-corrected chi connectivity index (χ2v) is 6.18. The van der Waals surface area contributed by atoms with Gasteiger partial charge in [-0.3, -0.25) is 4.79 Å². The highest BCUT2D eigenvalue weighted by atomic mass is 16.1. The lowest BCUT2D eigenvalue weighted by molar-refractivity contribution is -0.123. The van der Waals surface area contributed by atoms with Crippen molar-refractivity contribution in [3.63, 3.8) is 0 Å². The molecule has 1 aromatic carbocycles. The van der Waals surface area contributed by atoms with Crippen LogP contribution >= 0.6 is 0 Å². The summed E-state index contributed by atoms with van der Waals surface area (Å²) in [6.07, 6.45) is 2.42. The molecule has 0 radical (unpaired) electrons. The second-order valence-electron chi connectivity index (χ2n) is 6.18. The number of hydrogen-bond acceptors (Lipinski definition) is 2. The Morgan fingerprint density at radius 2 is 1.85 bits per heavy atom. The Morgan fingerprint density at radius 3 is 2.45 bits per heavy atom. The minimum Gasteiger partial charge on any atom is -0.355 e. The predicted octanol–water partition coefficient (Wildman–Crippen LogP) is 2.60. The van der Waals surface area contributed by atoms with Crippen LogP contribution < -0.4 is 10.6 Å². The molecule has 0 heterocycles. The third-order valence-corrected chi connectivity index (χ3v) is 4.07. The zero-order valence-corrected chi connectivity index (χ0v) is 12.8. The summed E-state index contributed by atoms with van der Waals surface area (Å²) >= 11 is 0. The van der Waals surface area contributed by atoms with E-state index < -0.39 is 0 Å². The van der Waals surface area contributed by atoms with E-state index in [1.807, 2.05) is 13.8 Å². The van der Waals surface area contributed by atoms with E-state index in [0.717, 1.165) is 13.1 Å². The average Bonchev–Trinajstić information content (AvgIpc) is 2.37. The van der Waals surface area contributed by atoms with Gasteiger partial charge >= 0.3 is 0 Å². The van der Waals surface area contributed by atoms with Crippen molar-refractivity contribution in [2.75, 3.05) is 13.1 Å². The van der Waals surface area contributed by atoms with Crippen molar-refractivity contribution in [2.45, 2.75) is 45.6 Å². The minimum atomic E-state index is 0.0737. The van der Waals surface area contributed by atoms with Crippen LogP contribution in [0.2, 0.25) is 0 Å². The summed E-state index contributed by atoms with van der Waals surface area (Å²) in [4.78, 5) is 11.4. The topological polar surface area (TPSA) is 41.1 Å². The lowest BCUT2D eigenvalue weighted by atomic mass is 9.76. The number of carbonyl (C=O) groups is 1. The lowest BCUT2D eigenvalue weighted by Crippen LogP contribution is -2.43. The highest BCUT2D eigenvalue weighted by Gasteiger charge is 2.29. The number of benzene rings is 1. The Balaban J connectivity index is 1.60. The second kappa shape index (κ2) is 6.89. The third kappa shape index (κ3) is 4.07. The fourth-order valence-electron chi connectivity index (χ4n) is 2.56. The highest BCUT2D eigenvalue weighted by Crippen LogP contribution is 2.36. The van der Waals surface area contributed by atoms with E-state index in [4.69, 9.17) is 0 Å². The van der Waals surface area contributed by atoms with Crippen molar-refractivity contribution in [2.24, 2.45) is 5.92 Å². The number of carbonyl (C=O) groups excluding carboxylic acids is 1. The molecule has 0 aliphatic heterocycles. The molecule has 1 fully saturated rings. The minimum absolute atomic E-state index is 0.0737. The molecule has 2 N–H and O–H groups in total. The molecule has 3 nitrogen and oxygen atoms in total. The molecular weight excluding hydrogens is 248 g/mol. The summed E-state index contributed by atoms with van der Waals surface area (Å²) in [6, 6.07) is 9.49. The summed E-state index contributed by atoms with van der Waals surface area (Å²) in [7, 11) is 0. The van der Waals surface area contributed by atoms with Gasteiger partial charge in [-0.2, -0.15) is 0 Å². The van der Waals surface area contributed by atoms with Crippen LogP contribution in [0.1, 0.15) is 43.7 Å². The average molecular weight is 274 g/mol. The largest absolute Gasteiger partial charge is 0.355 e. The maximum atomic E-state index is 11.4. The van der Waals surface area contributed by atoms with Gasteiger partial charge in [-0.1, -0.05) is 43.7 Å². The molecule has 0 aromatic heterocycles. The summed E-state index contributed by atoms with van der Waals surface area (Å²) in [5.41, 5.74) is 2.78. The van der Waals surface area contributed by atoms with Crippen LogP contribution in [-0.4, -0.2) is 25.0 Å². The van der Waals surface area contributed by atoms with Crippen molar-refractivity contribution < 1.29 is 4.79 Å². The van der Waals surface area contributed by atoms with Crippen molar-refractivity contribution >= 4 is 5.91 Å². The maximum absolute atomic E-state index is 11.4. The van der Waals surface area contributed by atoms with Gasteiger partial charge in [0.2, 0.25) is 5.91 Å². The Hall–Kier alpha value is -1.35. The molecule has 1 saturated carbocycles. The normalized spacial score (nSPS) is 21.6. The van der Waals surface area contributed by atoms with Gasteiger partial charge in [0.1, 0.15) is 0 Å². The summed E-state index contributed by atoms with van der Waals surface area (Å²) < 4.78 is 0. The summed E-state index contributed by atoms with van der Waals surface area (Å²) in [5, 5.41) is 6.44. The van der Waals surface area contributed by atoms with Gasteiger partial charge in [0.25, 0.3) is 0 Å². The number of aryl methyl sites for hydroxylation is 1. The van der Waals surface area contributed by atoms with E-state index in [1.165, 1.54) is 24.0 Å². The van der Waals surface area contributed by atoms with Gasteiger partial charge in [0.05, 0.1) is 0 Å². The van der Waals surface area contributed by atoms with Crippen molar-refractivity contribution in [1.29, 1.82) is 0 Å². The molecule has 0 atom stereocenters. The number of nitrogens with one attached hydrogen (secondary N) is 2. The Bertz CT molecular complexity index is 433. The highest BCUT2D eigenvalue weighted by molar-refractivity contribution is 5.77. The van der Waals surface area contributed by atoms with Gasteiger partial charge in [0.15, 0.2) is 0 Å². The van der Waals surface area contributed by atoms with E-state index in [0.29, 0.717) is 12.0 Å². The van der Waals surface area contributed by atoms with Crippen LogP contribution in [0.5, 0.6) is 0 Å². The van der Waals surface area contributed by atoms with Gasteiger partial charge in [-0.15, -0.1) is 0 Å². The van der Waals surface area contributed by atoms with Gasteiger partial charge in [-0.05, 0) is 31.2 Å². The SMILES string of the molecule is Cc1ccc(C2CC(NCCNC(=O)C(C)C)C2)cc1. The molecule has 0 spiro atoms. The molecule has 2 rings (SSSR count). The number of hydrogen-bond donors (Lipinski definition) is 2. The third-order valence-electron chi connectivity index (χ3n) is 4.07. The fourth-order valence-corrected chi connectivity index (χ4v) is 2.56. The van der Waals surface area contributed by atoms with E-state index >= 15 is 0 Å². The Morgan fingerprint density at radius 1 is 1.20 bits per heavy atom. The van der Waals surface area contributed by atoms with Crippen LogP contribution in [0.3, 0.4) is 0 Å². The standard InChI is InChI=1S/C17H26N2O/c1-12(2)17(20)19-9-8-18-16-10-15(11-16)14-6-4-13(3)5-7-14/h4-7,12,15-16,18H,8-11H2,1-3H3,(H,19,20). The molecule has 3 heteroatoms. The molecule has 1 aromatic rings. The lowest BCUT2D eigenvalue weighted by Gasteiger charge is -2.36. The van der Waals surface area contributed by atoms with E-state index in [9.17, 15) is 4.79 Å². The summed E-state index contributed by atoms with van der Waals surface area (Å²) in [6.45, 7) is 7.55. The van der Waals surface area contributed by atoms with Crippen LogP contribution in [0, 0.1) is 12.8 Å². The Labute approximate surface area is 122 Å². The first-order valence-electron chi connectivity index (χ1n) is 7.64. The van der Waals surface area contributed by atoms with Crippen LogP contribution in [0.25, 0.3) is 0 Å². The molecule has 1 aliphatic carbocycles. The molecule has 1 aliphatic rings. The molecular formula is C17H26N2O. The molecule has 1 amide bonds. The quantitative estimate of drug-likeness (QED) is 0.783. The van der Waals surface area contributed by atoms with Gasteiger partial charge < -0.3 is 10.6 Å². The first kappa shape index (κ1) is 15.0. The van der Waals surface area contributed by atoms with Crippen LogP contribution in [-0.2, 0) is 4.79 Å². The molecule has 0 bridgehead atoms. The van der Waals surface area contributed by atoms with E-state index in [-0.39, 0.29) is 11.8 Å². The van der Waals surface area contributed by atoms with Crippen LogP contribution in [0.15, 0.2) is 24.3 Å². The number of rotatable bonds is 6. The zero-order chi connectivity index (χ0) is 14.5. The zero-order valence-electron chi connectivity index (χ0n) is 12.8. The molecule has 0 saturated heterocycles.